The number of aryl methyl sites for hydroxylation is 2. The number of hydrogen-bond donors (Lipinski definition) is 0. The lowest BCUT2D eigenvalue weighted by atomic mass is 10.1. The molecule has 0 N–H and O–H groups in total. The summed E-state index contributed by atoms with van der Waals surface area (Å²) in [5.74, 6) is -4.68. The van der Waals surface area contributed by atoms with Crippen molar-refractivity contribution < 1.29 is 41.7 Å². The molecule has 0 aliphatic carbocycles. The molecule has 0 bridgehead atoms. The van der Waals surface area contributed by atoms with E-state index in [1.165, 1.54) is 12.1 Å². The van der Waals surface area contributed by atoms with Crippen LogP contribution >= 0.6 is 11.6 Å². The third kappa shape index (κ3) is 5.68. The van der Waals surface area contributed by atoms with E-state index in [2.05, 4.69) is 0 Å². The Bertz CT molecular complexity index is 1780. The first-order chi connectivity index (χ1) is 19.1. The molecule has 0 aliphatic heterocycles. The summed E-state index contributed by atoms with van der Waals surface area (Å²) in [6.45, 7) is 4.33. The van der Waals surface area contributed by atoms with Gasteiger partial charge in [-0.3, -0.25) is 25.0 Å². The highest BCUT2D eigenvalue weighted by atomic mass is 35.5. The van der Waals surface area contributed by atoms with Crippen molar-refractivity contribution in [1.29, 1.82) is 0 Å². The monoisotopic (exact) mass is 592 g/mol. The number of fused-ring (bicyclic) bond motifs is 1. The maximum atomic E-state index is 13.9. The summed E-state index contributed by atoms with van der Waals surface area (Å²) in [5.41, 5.74) is -3.11. The van der Waals surface area contributed by atoms with Crippen LogP contribution < -0.4 is 14.9 Å². The zero-order chi connectivity index (χ0) is 30.4. The maximum absolute atomic E-state index is 13.9. The van der Waals surface area contributed by atoms with E-state index in [-0.39, 0.29) is 16.7 Å². The van der Waals surface area contributed by atoms with Crippen molar-refractivity contribution in [2.45, 2.75) is 26.9 Å². The number of alkyl halides is 3. The Balaban J connectivity index is 1.77. The number of nitro benzene ring substituents is 2. The molecule has 4 rings (SSSR count). The minimum Gasteiger partial charge on any atom is -0.449 e. The van der Waals surface area contributed by atoms with Crippen molar-refractivity contribution >= 4 is 39.9 Å². The van der Waals surface area contributed by atoms with Crippen molar-refractivity contribution in [2.75, 3.05) is 0 Å². The van der Waals surface area contributed by atoms with Crippen molar-refractivity contribution in [2.24, 2.45) is 0 Å². The Hall–Kier alpha value is -4.98. The molecule has 212 valence electrons. The van der Waals surface area contributed by atoms with Crippen LogP contribution in [0.2, 0.25) is 5.02 Å². The summed E-state index contributed by atoms with van der Waals surface area (Å²) in [4.78, 5) is 46.5. The average molecular weight is 593 g/mol. The number of nitrogens with zero attached hydrogens (tertiary/aromatic N) is 2. The minimum atomic E-state index is -5.17. The topological polar surface area (TPSA) is 152 Å². The van der Waals surface area contributed by atoms with E-state index in [1.807, 2.05) is 0 Å². The summed E-state index contributed by atoms with van der Waals surface area (Å²) in [6.07, 6.45) is -5.17. The number of carbonyl (C=O) groups is 1. The number of rotatable bonds is 6. The summed E-state index contributed by atoms with van der Waals surface area (Å²) >= 11 is 6.09. The van der Waals surface area contributed by atoms with Crippen LogP contribution in [0.5, 0.6) is 17.2 Å². The quantitative estimate of drug-likeness (QED) is 0.0977. The molecule has 0 fully saturated rings. The molecule has 0 unspecified atom stereocenters. The van der Waals surface area contributed by atoms with Crippen LogP contribution in [0.25, 0.3) is 11.0 Å². The molecule has 0 aliphatic rings. The van der Waals surface area contributed by atoms with Gasteiger partial charge >= 0.3 is 12.1 Å². The normalized spacial score (nSPS) is 11.4. The van der Waals surface area contributed by atoms with Crippen LogP contribution in [0.4, 0.5) is 24.5 Å². The lowest BCUT2D eigenvalue weighted by Crippen LogP contribution is -2.16. The largest absolute Gasteiger partial charge is 0.453 e. The number of carbonyl (C=O) groups excluding carboxylic acids is 1. The number of hydrogen-bond acceptors (Lipinski definition) is 9. The van der Waals surface area contributed by atoms with Gasteiger partial charge in [0.15, 0.2) is 0 Å². The van der Waals surface area contributed by atoms with Crippen LogP contribution in [0, 0.1) is 41.0 Å². The van der Waals surface area contributed by atoms with Crippen LogP contribution in [0.3, 0.4) is 0 Å². The Morgan fingerprint density at radius 2 is 1.49 bits per heavy atom. The number of nitro groups is 2. The van der Waals surface area contributed by atoms with Crippen molar-refractivity contribution in [3.05, 3.63) is 106 Å². The van der Waals surface area contributed by atoms with Gasteiger partial charge in [0.25, 0.3) is 17.1 Å². The van der Waals surface area contributed by atoms with Gasteiger partial charge in [0, 0.05) is 23.2 Å². The fraction of sp³-hybridized carbons (Fsp3) is 0.154. The van der Waals surface area contributed by atoms with Gasteiger partial charge in [-0.2, -0.15) is 13.2 Å². The Morgan fingerprint density at radius 3 is 2.00 bits per heavy atom. The fourth-order valence-corrected chi connectivity index (χ4v) is 4.04. The lowest BCUT2D eigenvalue weighted by Gasteiger charge is -2.15. The van der Waals surface area contributed by atoms with E-state index >= 15 is 0 Å². The molecule has 1 aromatic heterocycles. The molecular formula is C26H16ClF3N2O9. The lowest BCUT2D eigenvalue weighted by molar-refractivity contribution is -0.395. The second-order valence-corrected chi connectivity index (χ2v) is 9.14. The van der Waals surface area contributed by atoms with E-state index in [1.54, 1.807) is 13.8 Å². The molecule has 3 aromatic carbocycles. The van der Waals surface area contributed by atoms with E-state index in [4.69, 9.17) is 25.5 Å². The highest BCUT2D eigenvalue weighted by Crippen LogP contribution is 2.39. The first-order valence-electron chi connectivity index (χ1n) is 11.4. The third-order valence-electron chi connectivity index (χ3n) is 5.90. The number of benzene rings is 3. The molecule has 15 heteroatoms. The Morgan fingerprint density at radius 1 is 0.927 bits per heavy atom. The smallest absolute Gasteiger partial charge is 0.449 e. The van der Waals surface area contributed by atoms with Crippen LogP contribution in [0.1, 0.15) is 32.8 Å². The van der Waals surface area contributed by atoms with Gasteiger partial charge in [-0.05, 0) is 56.2 Å². The molecular weight excluding hydrogens is 577 g/mol. The molecule has 11 nitrogen and oxygen atoms in total. The van der Waals surface area contributed by atoms with Gasteiger partial charge in [-0.1, -0.05) is 11.6 Å². The van der Waals surface area contributed by atoms with E-state index < -0.39 is 67.2 Å². The molecule has 0 amide bonds. The van der Waals surface area contributed by atoms with Crippen molar-refractivity contribution in [3.8, 4) is 17.2 Å². The summed E-state index contributed by atoms with van der Waals surface area (Å²) in [6, 6.07) is 7.12. The highest BCUT2D eigenvalue weighted by molar-refractivity contribution is 6.32. The Labute approximate surface area is 232 Å². The molecule has 0 spiro atoms. The Kier molecular flexibility index (Phi) is 7.46. The predicted octanol–water partition coefficient (Wildman–Crippen LogP) is 7.22. The molecule has 41 heavy (non-hydrogen) atoms. The number of ether oxygens (including phenoxy) is 2. The van der Waals surface area contributed by atoms with Crippen LogP contribution in [-0.2, 0) is 6.18 Å². The minimum absolute atomic E-state index is 0.0895. The average Bonchev–Trinajstić information content (AvgIpc) is 2.87. The van der Waals surface area contributed by atoms with Gasteiger partial charge in [-0.25, -0.2) is 4.79 Å². The standard InChI is InChI=1S/C26H16ClF3N2O9/c1-11-6-16(7-12(2)21(11)27)39-23-22(33)17-5-4-15(10-20(17)41-24(23)26(28,29)30)40-25(34)14-8-18(31(35)36)13(3)19(9-14)32(37)38/h4-10H,1-3H3. The van der Waals surface area contributed by atoms with Gasteiger partial charge in [0.05, 0.1) is 20.8 Å². The number of halogens is 4. The first kappa shape index (κ1) is 29.0. The molecule has 4 aromatic rings. The van der Waals surface area contributed by atoms with E-state index in [0.29, 0.717) is 16.1 Å². The maximum Gasteiger partial charge on any atom is 0.453 e. The number of esters is 1. The van der Waals surface area contributed by atoms with Gasteiger partial charge in [-0.15, -0.1) is 0 Å². The second kappa shape index (κ2) is 10.5. The molecule has 0 saturated heterocycles. The summed E-state index contributed by atoms with van der Waals surface area (Å²) in [7, 11) is 0. The highest BCUT2D eigenvalue weighted by Gasteiger charge is 2.40. The zero-order valence-electron chi connectivity index (χ0n) is 21.1. The molecule has 0 saturated carbocycles. The third-order valence-corrected chi connectivity index (χ3v) is 6.50. The second-order valence-electron chi connectivity index (χ2n) is 8.76. The molecule has 0 atom stereocenters. The fourth-order valence-electron chi connectivity index (χ4n) is 3.93. The predicted molar refractivity (Wildman–Crippen MR) is 138 cm³/mol. The van der Waals surface area contributed by atoms with Gasteiger partial charge in [0.2, 0.25) is 11.2 Å². The van der Waals surface area contributed by atoms with Gasteiger partial charge < -0.3 is 13.9 Å². The van der Waals surface area contributed by atoms with E-state index in [0.717, 1.165) is 37.3 Å². The SMILES string of the molecule is Cc1cc(Oc2c(C(F)(F)F)oc3cc(OC(=O)c4cc([N+](=O)[O-])c(C)c([N+](=O)[O-])c4)ccc3c2=O)cc(C)c1Cl. The first-order valence-corrected chi connectivity index (χ1v) is 11.7. The molecule has 0 radical (unpaired) electrons. The van der Waals surface area contributed by atoms with Crippen molar-refractivity contribution in [1.82, 2.24) is 0 Å². The van der Waals surface area contributed by atoms with Crippen LogP contribution in [-0.4, -0.2) is 15.8 Å². The molecule has 1 heterocycles. The van der Waals surface area contributed by atoms with Crippen molar-refractivity contribution in [3.63, 3.8) is 0 Å². The van der Waals surface area contributed by atoms with Crippen LogP contribution in [0.15, 0.2) is 51.7 Å². The van der Waals surface area contributed by atoms with E-state index in [9.17, 15) is 43.0 Å². The summed E-state index contributed by atoms with van der Waals surface area (Å²) < 4.78 is 57.2. The summed E-state index contributed by atoms with van der Waals surface area (Å²) in [5, 5.41) is 22.6. The van der Waals surface area contributed by atoms with Gasteiger partial charge in [0.1, 0.15) is 22.6 Å². The zero-order valence-corrected chi connectivity index (χ0v) is 21.9.